The molecule has 0 radical (unpaired) electrons. The topological polar surface area (TPSA) is 111 Å². The summed E-state index contributed by atoms with van der Waals surface area (Å²) in [6, 6.07) is 15.5. The van der Waals surface area contributed by atoms with E-state index in [-0.39, 0.29) is 17.8 Å². The van der Waals surface area contributed by atoms with Gasteiger partial charge in [-0.15, -0.1) is 0 Å². The highest BCUT2D eigenvalue weighted by Gasteiger charge is 2.36. The number of carboxylic acid groups (broad SMARTS) is 1. The summed E-state index contributed by atoms with van der Waals surface area (Å²) in [5.41, 5.74) is 9.34. The van der Waals surface area contributed by atoms with Crippen LogP contribution in [0.1, 0.15) is 48.8 Å². The minimum atomic E-state index is -0.764. The highest BCUT2D eigenvalue weighted by molar-refractivity contribution is 5.95. The first-order chi connectivity index (χ1) is 16.3. The number of nitrogens with one attached hydrogen (secondary N) is 1. The van der Waals surface area contributed by atoms with Crippen molar-refractivity contribution in [1.82, 2.24) is 4.90 Å². The molecular formula is C27H32N4O3. The van der Waals surface area contributed by atoms with Crippen LogP contribution < -0.4 is 10.6 Å². The van der Waals surface area contributed by atoms with Crippen molar-refractivity contribution in [1.29, 1.82) is 5.41 Å². The van der Waals surface area contributed by atoms with E-state index in [1.54, 1.807) is 13.0 Å². The average Bonchev–Trinajstić information content (AvgIpc) is 2.84. The molecule has 7 nitrogen and oxygen atoms in total. The summed E-state index contributed by atoms with van der Waals surface area (Å²) in [7, 11) is 0. The van der Waals surface area contributed by atoms with Crippen molar-refractivity contribution in [2.45, 2.75) is 38.3 Å². The van der Waals surface area contributed by atoms with Gasteiger partial charge in [0.15, 0.2) is 0 Å². The van der Waals surface area contributed by atoms with Crippen LogP contribution in [-0.4, -0.2) is 53.4 Å². The molecule has 34 heavy (non-hydrogen) atoms. The van der Waals surface area contributed by atoms with E-state index in [9.17, 15) is 14.7 Å². The van der Waals surface area contributed by atoms with Crippen molar-refractivity contribution in [2.24, 2.45) is 11.7 Å². The van der Waals surface area contributed by atoms with Crippen LogP contribution in [0.25, 0.3) is 6.08 Å². The van der Waals surface area contributed by atoms with E-state index < -0.39 is 17.8 Å². The number of nitrogen functional groups attached to an aromatic ring is 1. The summed E-state index contributed by atoms with van der Waals surface area (Å²) in [6.07, 6.45) is 6.08. The third-order valence-electron chi connectivity index (χ3n) is 6.97. The number of hydrogen-bond acceptors (Lipinski definition) is 5. The molecule has 0 aromatic heterocycles. The Morgan fingerprint density at radius 2 is 2.00 bits per heavy atom. The van der Waals surface area contributed by atoms with Crippen LogP contribution in [0, 0.1) is 11.3 Å². The number of carboxylic acids is 1. The maximum Gasteiger partial charge on any atom is 0.307 e. The number of likely N-dealkylation sites (tertiary alicyclic amines) is 1. The van der Waals surface area contributed by atoms with Gasteiger partial charge in [-0.25, -0.2) is 0 Å². The Balaban J connectivity index is 1.72. The molecule has 3 unspecified atom stereocenters. The first-order valence-corrected chi connectivity index (χ1v) is 11.8. The van der Waals surface area contributed by atoms with E-state index in [0.29, 0.717) is 31.5 Å². The standard InChI is InChI=1S/C27H32N4O3/c1-18(32)23(20-8-4-9-21(15-20)26(28)29)16-25(30-13-5-11-22(17-30)27(33)34)31-14-6-10-19-7-2-3-12-24(19)31/h2-4,6-10,12,15,22-23,25H,5,11,13-14,16-17H2,1H3,(H3,28,29)(H,33,34). The summed E-state index contributed by atoms with van der Waals surface area (Å²) in [5.74, 6) is -1.56. The largest absolute Gasteiger partial charge is 0.481 e. The Morgan fingerprint density at radius 1 is 1.21 bits per heavy atom. The Labute approximate surface area is 200 Å². The van der Waals surface area contributed by atoms with Gasteiger partial charge in [-0.2, -0.15) is 0 Å². The van der Waals surface area contributed by atoms with Gasteiger partial charge in [-0.1, -0.05) is 48.6 Å². The predicted molar refractivity (Wildman–Crippen MR) is 134 cm³/mol. The molecule has 3 atom stereocenters. The third-order valence-corrected chi connectivity index (χ3v) is 6.97. The molecule has 2 heterocycles. The molecule has 2 aromatic carbocycles. The van der Waals surface area contributed by atoms with Crippen molar-refractivity contribution in [3.8, 4) is 0 Å². The van der Waals surface area contributed by atoms with Gasteiger partial charge in [0, 0.05) is 36.8 Å². The molecule has 2 aliphatic heterocycles. The Morgan fingerprint density at radius 3 is 2.74 bits per heavy atom. The zero-order valence-electron chi connectivity index (χ0n) is 19.5. The summed E-state index contributed by atoms with van der Waals surface area (Å²) >= 11 is 0. The molecule has 2 aliphatic rings. The van der Waals surface area contributed by atoms with Gasteiger partial charge in [-0.05, 0) is 49.4 Å². The highest BCUT2D eigenvalue weighted by Crippen LogP contribution is 2.35. The maximum absolute atomic E-state index is 12.9. The summed E-state index contributed by atoms with van der Waals surface area (Å²) < 4.78 is 0. The van der Waals surface area contributed by atoms with Crippen LogP contribution in [0.2, 0.25) is 0 Å². The molecule has 0 amide bonds. The molecule has 0 saturated carbocycles. The number of benzene rings is 2. The SMILES string of the molecule is CC(=O)C(CC(N1CCCC(C(=O)O)C1)N1CC=Cc2ccccc21)c1cccc(C(=N)N)c1. The number of Topliss-reactive ketones (excluding diaryl/α,β-unsaturated/α-hetero) is 1. The number of fused-ring (bicyclic) bond motifs is 1. The van der Waals surface area contributed by atoms with Crippen molar-refractivity contribution >= 4 is 29.4 Å². The maximum atomic E-state index is 12.9. The van der Waals surface area contributed by atoms with Crippen molar-refractivity contribution in [3.63, 3.8) is 0 Å². The van der Waals surface area contributed by atoms with Crippen LogP contribution in [-0.2, 0) is 9.59 Å². The molecule has 2 aromatic rings. The normalized spacial score (nSPS) is 19.8. The number of anilines is 1. The number of para-hydroxylation sites is 1. The summed E-state index contributed by atoms with van der Waals surface area (Å²) in [4.78, 5) is 29.3. The van der Waals surface area contributed by atoms with Gasteiger partial charge in [0.2, 0.25) is 0 Å². The zero-order valence-corrected chi connectivity index (χ0v) is 19.5. The average molecular weight is 461 g/mol. The number of carbonyl (C=O) groups is 2. The van der Waals surface area contributed by atoms with Crippen LogP contribution in [0.5, 0.6) is 0 Å². The second-order valence-electron chi connectivity index (χ2n) is 9.20. The van der Waals surface area contributed by atoms with Crippen molar-refractivity contribution in [3.05, 3.63) is 71.3 Å². The molecule has 0 aliphatic carbocycles. The Hall–Kier alpha value is -3.45. The smallest absolute Gasteiger partial charge is 0.307 e. The fourth-order valence-corrected chi connectivity index (χ4v) is 5.19. The first kappa shape index (κ1) is 23.7. The third kappa shape index (κ3) is 5.04. The van der Waals surface area contributed by atoms with Crippen molar-refractivity contribution in [2.75, 3.05) is 24.5 Å². The Kier molecular flexibility index (Phi) is 7.12. The highest BCUT2D eigenvalue weighted by atomic mass is 16.4. The number of ketones is 1. The van der Waals surface area contributed by atoms with Crippen LogP contribution in [0.3, 0.4) is 0 Å². The summed E-state index contributed by atoms with van der Waals surface area (Å²) in [5, 5.41) is 17.5. The number of carbonyl (C=O) groups excluding carboxylic acids is 1. The molecular weight excluding hydrogens is 428 g/mol. The summed E-state index contributed by atoms with van der Waals surface area (Å²) in [6.45, 7) is 3.53. The van der Waals surface area contributed by atoms with Crippen molar-refractivity contribution < 1.29 is 14.7 Å². The second-order valence-corrected chi connectivity index (χ2v) is 9.20. The molecule has 0 spiro atoms. The van der Waals surface area contributed by atoms with Gasteiger partial charge in [0.1, 0.15) is 11.6 Å². The molecule has 1 fully saturated rings. The molecule has 7 heteroatoms. The lowest BCUT2D eigenvalue weighted by Gasteiger charge is -2.46. The fourth-order valence-electron chi connectivity index (χ4n) is 5.19. The molecule has 0 bridgehead atoms. The zero-order chi connectivity index (χ0) is 24.2. The molecule has 1 saturated heterocycles. The van der Waals surface area contributed by atoms with E-state index in [2.05, 4.69) is 34.1 Å². The molecule has 4 rings (SSSR count). The van der Waals surface area contributed by atoms with Gasteiger partial charge in [0.25, 0.3) is 0 Å². The molecule has 178 valence electrons. The van der Waals surface area contributed by atoms with E-state index in [1.807, 2.05) is 30.3 Å². The first-order valence-electron chi connectivity index (χ1n) is 11.8. The number of nitrogens with two attached hydrogens (primary N) is 1. The number of nitrogens with zero attached hydrogens (tertiary/aromatic N) is 2. The number of rotatable bonds is 8. The lowest BCUT2D eigenvalue weighted by molar-refractivity contribution is -0.144. The van der Waals surface area contributed by atoms with Crippen LogP contribution in [0.15, 0.2) is 54.6 Å². The lowest BCUT2D eigenvalue weighted by atomic mass is 9.87. The minimum Gasteiger partial charge on any atom is -0.481 e. The van der Waals surface area contributed by atoms with Gasteiger partial charge in [-0.3, -0.25) is 19.9 Å². The number of amidine groups is 1. The van der Waals surface area contributed by atoms with Gasteiger partial charge >= 0.3 is 5.97 Å². The van der Waals surface area contributed by atoms with E-state index >= 15 is 0 Å². The lowest BCUT2D eigenvalue weighted by Crippen LogP contribution is -2.54. The van der Waals surface area contributed by atoms with Gasteiger partial charge in [0.05, 0.1) is 12.1 Å². The molecule has 4 N–H and O–H groups in total. The number of hydrogen-bond donors (Lipinski definition) is 3. The van der Waals surface area contributed by atoms with Gasteiger partial charge < -0.3 is 15.7 Å². The minimum absolute atomic E-state index is 0.0314. The van der Waals surface area contributed by atoms with Crippen LogP contribution in [0.4, 0.5) is 5.69 Å². The van der Waals surface area contributed by atoms with E-state index in [0.717, 1.165) is 29.8 Å². The predicted octanol–water partition coefficient (Wildman–Crippen LogP) is 3.69. The Bertz CT molecular complexity index is 1110. The number of piperidine rings is 1. The monoisotopic (exact) mass is 460 g/mol. The number of aliphatic carboxylic acids is 1. The quantitative estimate of drug-likeness (QED) is 0.409. The van der Waals surface area contributed by atoms with E-state index in [1.165, 1.54) is 0 Å². The second kappa shape index (κ2) is 10.2. The fraction of sp³-hybridized carbons (Fsp3) is 0.370. The van der Waals surface area contributed by atoms with Crippen LogP contribution >= 0.6 is 0 Å². The van der Waals surface area contributed by atoms with E-state index in [4.69, 9.17) is 11.1 Å².